The lowest BCUT2D eigenvalue weighted by Crippen LogP contribution is -2.37. The Bertz CT molecular complexity index is 744. The molecule has 1 unspecified atom stereocenters. The Labute approximate surface area is 139 Å². The third kappa shape index (κ3) is 2.84. The molecular formula is C17H18N4O3. The van der Waals surface area contributed by atoms with Crippen LogP contribution in [0.2, 0.25) is 0 Å². The van der Waals surface area contributed by atoms with Crippen molar-refractivity contribution < 1.29 is 14.0 Å². The van der Waals surface area contributed by atoms with Crippen LogP contribution in [0.3, 0.4) is 0 Å². The highest BCUT2D eigenvalue weighted by atomic mass is 16.7. The zero-order chi connectivity index (χ0) is 16.4. The van der Waals surface area contributed by atoms with Crippen LogP contribution in [0, 0.1) is 0 Å². The number of anilines is 1. The van der Waals surface area contributed by atoms with Crippen molar-refractivity contribution in [3.63, 3.8) is 0 Å². The molecule has 24 heavy (non-hydrogen) atoms. The molecule has 2 aromatic rings. The molecule has 0 saturated carbocycles. The van der Waals surface area contributed by atoms with Gasteiger partial charge in [-0.25, -0.2) is 4.98 Å². The summed E-state index contributed by atoms with van der Waals surface area (Å²) < 4.78 is 5.20. The minimum Gasteiger partial charge on any atom is -0.467 e. The average molecular weight is 326 g/mol. The second-order valence-corrected chi connectivity index (χ2v) is 6.11. The first-order chi connectivity index (χ1) is 11.7. The zero-order valence-electron chi connectivity index (χ0n) is 13.1. The number of rotatable bonds is 4. The number of aromatic nitrogens is 1. The van der Waals surface area contributed by atoms with E-state index in [-0.39, 0.29) is 5.91 Å². The first kappa shape index (κ1) is 14.7. The Balaban J connectivity index is 1.35. The van der Waals surface area contributed by atoms with Crippen molar-refractivity contribution in [3.8, 4) is 0 Å². The van der Waals surface area contributed by atoms with Crippen molar-refractivity contribution in [2.45, 2.75) is 25.0 Å². The highest BCUT2D eigenvalue weighted by Gasteiger charge is 2.47. The Kier molecular flexibility index (Phi) is 3.68. The number of carbonyl (C=O) groups is 1. The molecule has 2 aliphatic rings. The van der Waals surface area contributed by atoms with Gasteiger partial charge in [0.05, 0.1) is 19.4 Å². The van der Waals surface area contributed by atoms with E-state index in [1.54, 1.807) is 18.5 Å². The summed E-state index contributed by atoms with van der Waals surface area (Å²) in [5.41, 5.74) is 0.0129. The third-order valence-electron chi connectivity index (χ3n) is 4.39. The van der Waals surface area contributed by atoms with Gasteiger partial charge in [0.15, 0.2) is 5.60 Å². The Morgan fingerprint density at radius 1 is 1.33 bits per heavy atom. The van der Waals surface area contributed by atoms with Gasteiger partial charge < -0.3 is 19.5 Å². The number of hydrogen-bond donors (Lipinski definition) is 1. The summed E-state index contributed by atoms with van der Waals surface area (Å²) in [5, 5.41) is 6.83. The summed E-state index contributed by atoms with van der Waals surface area (Å²) in [6, 6.07) is 9.44. The van der Waals surface area contributed by atoms with Crippen molar-refractivity contribution in [3.05, 3.63) is 48.6 Å². The van der Waals surface area contributed by atoms with Gasteiger partial charge in [-0.1, -0.05) is 11.2 Å². The first-order valence-corrected chi connectivity index (χ1v) is 7.96. The van der Waals surface area contributed by atoms with E-state index >= 15 is 0 Å². The molecule has 0 bridgehead atoms. The number of carbonyl (C=O) groups excluding carboxylic acids is 1. The lowest BCUT2D eigenvalue weighted by atomic mass is 9.96. The summed E-state index contributed by atoms with van der Waals surface area (Å²) in [5.74, 6) is 1.42. The van der Waals surface area contributed by atoms with Crippen molar-refractivity contribution in [1.29, 1.82) is 0 Å². The molecule has 1 spiro atoms. The van der Waals surface area contributed by atoms with Gasteiger partial charge in [0.2, 0.25) is 0 Å². The fourth-order valence-electron chi connectivity index (χ4n) is 3.13. The molecular weight excluding hydrogens is 308 g/mol. The normalized spacial score (nSPS) is 22.5. The van der Waals surface area contributed by atoms with E-state index < -0.39 is 5.60 Å². The lowest BCUT2D eigenvalue weighted by Gasteiger charge is -2.22. The molecule has 2 aromatic heterocycles. The lowest BCUT2D eigenvalue weighted by molar-refractivity contribution is -0.115. The van der Waals surface area contributed by atoms with Crippen LogP contribution in [0.25, 0.3) is 0 Å². The quantitative estimate of drug-likeness (QED) is 0.925. The summed E-state index contributed by atoms with van der Waals surface area (Å²) >= 11 is 0. The van der Waals surface area contributed by atoms with Crippen LogP contribution >= 0.6 is 0 Å². The largest absolute Gasteiger partial charge is 0.467 e. The standard InChI is InChI=1S/C17H18N4O3/c22-16(19-11-13-4-3-9-23-13)14-10-17(24-20-14)6-8-21(12-17)15-5-1-2-7-18-15/h1-5,7,9H,6,8,10-12H2,(H,19,22). The van der Waals surface area contributed by atoms with E-state index in [1.165, 1.54) is 0 Å². The van der Waals surface area contributed by atoms with E-state index in [9.17, 15) is 4.79 Å². The summed E-state index contributed by atoms with van der Waals surface area (Å²) in [6.45, 7) is 1.87. The number of furan rings is 1. The Hall–Kier alpha value is -2.83. The van der Waals surface area contributed by atoms with Gasteiger partial charge >= 0.3 is 0 Å². The molecule has 2 aliphatic heterocycles. The summed E-state index contributed by atoms with van der Waals surface area (Å²) in [6.07, 6.45) is 4.69. The van der Waals surface area contributed by atoms with Gasteiger partial charge in [0.1, 0.15) is 17.3 Å². The average Bonchev–Trinajstić information content (AvgIpc) is 3.36. The van der Waals surface area contributed by atoms with Gasteiger partial charge in [-0.15, -0.1) is 0 Å². The third-order valence-corrected chi connectivity index (χ3v) is 4.39. The molecule has 0 radical (unpaired) electrons. The molecule has 7 heteroatoms. The van der Waals surface area contributed by atoms with Gasteiger partial charge in [-0.3, -0.25) is 4.79 Å². The van der Waals surface area contributed by atoms with E-state index in [0.29, 0.717) is 31.0 Å². The number of oxime groups is 1. The van der Waals surface area contributed by atoms with Gasteiger partial charge in [0, 0.05) is 25.6 Å². The molecule has 0 aromatic carbocycles. The maximum atomic E-state index is 12.2. The van der Waals surface area contributed by atoms with E-state index in [0.717, 1.165) is 18.8 Å². The van der Waals surface area contributed by atoms with Gasteiger partial charge in [0.25, 0.3) is 5.91 Å². The van der Waals surface area contributed by atoms with E-state index in [2.05, 4.69) is 20.4 Å². The number of nitrogens with one attached hydrogen (secondary N) is 1. The van der Waals surface area contributed by atoms with E-state index in [4.69, 9.17) is 9.25 Å². The van der Waals surface area contributed by atoms with Crippen LogP contribution in [-0.2, 0) is 16.2 Å². The maximum absolute atomic E-state index is 12.2. The van der Waals surface area contributed by atoms with Crippen LogP contribution in [0.15, 0.2) is 52.4 Å². The predicted octanol–water partition coefficient (Wildman–Crippen LogP) is 1.72. The molecule has 1 fully saturated rings. The minimum atomic E-state index is -0.422. The SMILES string of the molecule is O=C(NCc1ccco1)C1=NOC2(CCN(c3ccccn3)C2)C1. The summed E-state index contributed by atoms with van der Waals surface area (Å²) in [4.78, 5) is 24.4. The second-order valence-electron chi connectivity index (χ2n) is 6.11. The van der Waals surface area contributed by atoms with Crippen LogP contribution < -0.4 is 10.2 Å². The van der Waals surface area contributed by atoms with Crippen LogP contribution in [0.5, 0.6) is 0 Å². The van der Waals surface area contributed by atoms with Crippen molar-refractivity contribution in [2.75, 3.05) is 18.0 Å². The number of nitrogens with zero attached hydrogens (tertiary/aromatic N) is 3. The molecule has 4 rings (SSSR count). The second kappa shape index (κ2) is 5.99. The monoisotopic (exact) mass is 326 g/mol. The van der Waals surface area contributed by atoms with Crippen molar-refractivity contribution in [1.82, 2.24) is 10.3 Å². The molecule has 1 atom stereocenters. The maximum Gasteiger partial charge on any atom is 0.269 e. The molecule has 4 heterocycles. The molecule has 0 aliphatic carbocycles. The fraction of sp³-hybridized carbons (Fsp3) is 0.353. The smallest absolute Gasteiger partial charge is 0.269 e. The van der Waals surface area contributed by atoms with Crippen LogP contribution in [-0.4, -0.2) is 35.3 Å². The fourth-order valence-corrected chi connectivity index (χ4v) is 3.13. The zero-order valence-corrected chi connectivity index (χ0v) is 13.1. The minimum absolute atomic E-state index is 0.209. The molecule has 1 amide bonds. The summed E-state index contributed by atoms with van der Waals surface area (Å²) in [7, 11) is 0. The molecule has 124 valence electrons. The number of pyridine rings is 1. The highest BCUT2D eigenvalue weighted by molar-refractivity contribution is 6.39. The number of amides is 1. The van der Waals surface area contributed by atoms with Gasteiger partial charge in [-0.2, -0.15) is 0 Å². The highest BCUT2D eigenvalue weighted by Crippen LogP contribution is 2.35. The van der Waals surface area contributed by atoms with Crippen molar-refractivity contribution in [2.24, 2.45) is 5.16 Å². The molecule has 1 N–H and O–H groups in total. The van der Waals surface area contributed by atoms with E-state index in [1.807, 2.05) is 24.3 Å². The predicted molar refractivity (Wildman–Crippen MR) is 87.5 cm³/mol. The Morgan fingerprint density at radius 2 is 2.29 bits per heavy atom. The first-order valence-electron chi connectivity index (χ1n) is 7.96. The van der Waals surface area contributed by atoms with Crippen LogP contribution in [0.4, 0.5) is 5.82 Å². The molecule has 7 nitrogen and oxygen atoms in total. The van der Waals surface area contributed by atoms with Crippen LogP contribution in [0.1, 0.15) is 18.6 Å². The topological polar surface area (TPSA) is 80.0 Å². The Morgan fingerprint density at radius 3 is 3.08 bits per heavy atom. The van der Waals surface area contributed by atoms with Gasteiger partial charge in [-0.05, 0) is 24.3 Å². The van der Waals surface area contributed by atoms with Crippen molar-refractivity contribution >= 4 is 17.4 Å². The number of hydrogen-bond acceptors (Lipinski definition) is 6. The molecule has 1 saturated heterocycles.